The van der Waals surface area contributed by atoms with Crippen molar-refractivity contribution in [2.24, 2.45) is 23.5 Å². The zero-order chi connectivity index (χ0) is 14.9. The monoisotopic (exact) mass is 283 g/mol. The van der Waals surface area contributed by atoms with E-state index in [-0.39, 0.29) is 23.8 Å². The molecule has 0 saturated carbocycles. The molecule has 1 atom stereocenters. The van der Waals surface area contributed by atoms with Gasteiger partial charge in [-0.25, -0.2) is 4.79 Å². The van der Waals surface area contributed by atoms with E-state index in [1.165, 1.54) is 0 Å². The van der Waals surface area contributed by atoms with Crippen LogP contribution in [-0.2, 0) is 9.59 Å². The van der Waals surface area contributed by atoms with Crippen LogP contribution in [0.5, 0.6) is 0 Å². The van der Waals surface area contributed by atoms with Crippen molar-refractivity contribution >= 4 is 17.9 Å². The zero-order valence-electron chi connectivity index (χ0n) is 11.6. The predicted octanol–water partition coefficient (Wildman–Crippen LogP) is -0.0438. The number of rotatable bonds is 3. The first kappa shape index (κ1) is 14.6. The van der Waals surface area contributed by atoms with Crippen molar-refractivity contribution in [1.29, 1.82) is 0 Å². The van der Waals surface area contributed by atoms with Crippen LogP contribution in [0.15, 0.2) is 0 Å². The number of carboxylic acid groups (broad SMARTS) is 1. The number of hydrogen-bond acceptors (Lipinski definition) is 3. The largest absolute Gasteiger partial charge is 0.481 e. The minimum absolute atomic E-state index is 0.0413. The maximum Gasteiger partial charge on any atom is 0.320 e. The second kappa shape index (κ2) is 5.68. The van der Waals surface area contributed by atoms with Crippen molar-refractivity contribution in [3.8, 4) is 0 Å². The van der Waals surface area contributed by atoms with E-state index in [0.717, 1.165) is 0 Å². The zero-order valence-corrected chi connectivity index (χ0v) is 11.6. The number of primary amides is 1. The lowest BCUT2D eigenvalue weighted by molar-refractivity contribution is -0.144. The Morgan fingerprint density at radius 2 is 1.70 bits per heavy atom. The second-order valence-corrected chi connectivity index (χ2v) is 5.74. The summed E-state index contributed by atoms with van der Waals surface area (Å²) in [6, 6.07) is -0.0539. The maximum absolute atomic E-state index is 12.2. The van der Waals surface area contributed by atoms with Crippen molar-refractivity contribution < 1.29 is 19.5 Å². The van der Waals surface area contributed by atoms with Gasteiger partial charge in [0.05, 0.1) is 5.92 Å². The number of carbonyl (C=O) groups is 3. The Balaban J connectivity index is 1.78. The minimum atomic E-state index is -0.815. The molecule has 2 rings (SSSR count). The summed E-state index contributed by atoms with van der Waals surface area (Å²) in [6.45, 7) is 3.77. The van der Waals surface area contributed by atoms with Gasteiger partial charge in [0.25, 0.3) is 0 Å². The third-order valence-electron chi connectivity index (χ3n) is 4.44. The van der Waals surface area contributed by atoms with Gasteiger partial charge in [-0.1, -0.05) is 6.92 Å². The Bertz CT molecular complexity index is 412. The lowest BCUT2D eigenvalue weighted by Gasteiger charge is -2.44. The van der Waals surface area contributed by atoms with E-state index in [9.17, 15) is 14.4 Å². The first-order valence-corrected chi connectivity index (χ1v) is 6.96. The number of nitrogens with zero attached hydrogens (tertiary/aromatic N) is 2. The molecule has 2 heterocycles. The number of amides is 3. The number of aliphatic carboxylic acids is 1. The van der Waals surface area contributed by atoms with Crippen LogP contribution < -0.4 is 5.73 Å². The summed E-state index contributed by atoms with van der Waals surface area (Å²) in [5.74, 6) is -1.62. The van der Waals surface area contributed by atoms with E-state index in [2.05, 4.69) is 0 Å². The van der Waals surface area contributed by atoms with Crippen LogP contribution in [0.25, 0.3) is 0 Å². The third-order valence-corrected chi connectivity index (χ3v) is 4.44. The van der Waals surface area contributed by atoms with Crippen LogP contribution in [-0.4, -0.2) is 59.0 Å². The van der Waals surface area contributed by atoms with E-state index in [0.29, 0.717) is 39.0 Å². The first-order valence-electron chi connectivity index (χ1n) is 6.96. The standard InChI is InChI=1S/C13H21N3O4/c1-8(12(18)19)10-6-16(7-10)13(20)15-4-2-9(3-5-15)11(14)17/h8-10H,2-7H2,1H3,(H2,14,17)(H,18,19). The van der Waals surface area contributed by atoms with Crippen LogP contribution in [0.4, 0.5) is 4.79 Å². The molecule has 0 bridgehead atoms. The van der Waals surface area contributed by atoms with Crippen LogP contribution >= 0.6 is 0 Å². The van der Waals surface area contributed by atoms with E-state index in [1.54, 1.807) is 16.7 Å². The van der Waals surface area contributed by atoms with Gasteiger partial charge in [-0.3, -0.25) is 9.59 Å². The molecule has 0 radical (unpaired) electrons. The fourth-order valence-electron chi connectivity index (χ4n) is 2.74. The average Bonchev–Trinajstić information content (AvgIpc) is 2.36. The topological polar surface area (TPSA) is 104 Å². The summed E-state index contributed by atoms with van der Waals surface area (Å²) in [4.78, 5) is 37.5. The molecule has 0 aliphatic carbocycles. The highest BCUT2D eigenvalue weighted by molar-refractivity contribution is 5.79. The molecule has 2 aliphatic heterocycles. The fourth-order valence-corrected chi connectivity index (χ4v) is 2.74. The molecule has 1 unspecified atom stereocenters. The van der Waals surface area contributed by atoms with E-state index >= 15 is 0 Å². The molecule has 2 aliphatic rings. The third kappa shape index (κ3) is 2.86. The smallest absolute Gasteiger partial charge is 0.320 e. The molecule has 20 heavy (non-hydrogen) atoms. The van der Waals surface area contributed by atoms with Crippen molar-refractivity contribution in [3.05, 3.63) is 0 Å². The fraction of sp³-hybridized carbons (Fsp3) is 0.769. The van der Waals surface area contributed by atoms with Crippen LogP contribution in [0.1, 0.15) is 19.8 Å². The molecular formula is C13H21N3O4. The molecular weight excluding hydrogens is 262 g/mol. The van der Waals surface area contributed by atoms with Gasteiger partial charge >= 0.3 is 12.0 Å². The Kier molecular flexibility index (Phi) is 4.15. The Morgan fingerprint density at radius 3 is 2.15 bits per heavy atom. The molecule has 3 amide bonds. The van der Waals surface area contributed by atoms with Gasteiger partial charge in [0.1, 0.15) is 0 Å². The first-order chi connectivity index (χ1) is 9.40. The lowest BCUT2D eigenvalue weighted by atomic mass is 9.87. The summed E-state index contributed by atoms with van der Waals surface area (Å²) >= 11 is 0. The Labute approximate surface area is 117 Å². The number of nitrogens with two attached hydrogens (primary N) is 1. The summed E-state index contributed by atoms with van der Waals surface area (Å²) in [6.07, 6.45) is 1.23. The summed E-state index contributed by atoms with van der Waals surface area (Å²) in [5, 5.41) is 8.91. The average molecular weight is 283 g/mol. The van der Waals surface area contributed by atoms with Gasteiger partial charge in [-0.2, -0.15) is 0 Å². The Hall–Kier alpha value is -1.79. The molecule has 112 valence electrons. The number of carboxylic acids is 1. The summed E-state index contributed by atoms with van der Waals surface area (Å²) < 4.78 is 0. The van der Waals surface area contributed by atoms with Crippen LogP contribution in [0.3, 0.4) is 0 Å². The molecule has 3 N–H and O–H groups in total. The number of likely N-dealkylation sites (tertiary alicyclic amines) is 2. The molecule has 7 nitrogen and oxygen atoms in total. The lowest BCUT2D eigenvalue weighted by Crippen LogP contribution is -2.58. The highest BCUT2D eigenvalue weighted by atomic mass is 16.4. The van der Waals surface area contributed by atoms with Crippen molar-refractivity contribution in [3.63, 3.8) is 0 Å². The highest BCUT2D eigenvalue weighted by Crippen LogP contribution is 2.26. The number of hydrogen-bond donors (Lipinski definition) is 2. The minimum Gasteiger partial charge on any atom is -0.481 e. The number of carbonyl (C=O) groups excluding carboxylic acids is 2. The van der Waals surface area contributed by atoms with Gasteiger partial charge in [-0.05, 0) is 12.8 Å². The molecule has 0 aromatic carbocycles. The van der Waals surface area contributed by atoms with Gasteiger partial charge in [0.2, 0.25) is 5.91 Å². The summed E-state index contributed by atoms with van der Waals surface area (Å²) in [5.41, 5.74) is 5.26. The van der Waals surface area contributed by atoms with Crippen molar-refractivity contribution in [2.75, 3.05) is 26.2 Å². The molecule has 2 fully saturated rings. The normalized spacial score (nSPS) is 22.2. The molecule has 0 spiro atoms. The van der Waals surface area contributed by atoms with E-state index in [4.69, 9.17) is 10.8 Å². The summed E-state index contributed by atoms with van der Waals surface area (Å²) in [7, 11) is 0. The van der Waals surface area contributed by atoms with E-state index < -0.39 is 11.9 Å². The molecule has 0 aromatic heterocycles. The van der Waals surface area contributed by atoms with Crippen molar-refractivity contribution in [1.82, 2.24) is 9.80 Å². The molecule has 2 saturated heterocycles. The quantitative estimate of drug-likeness (QED) is 0.758. The van der Waals surface area contributed by atoms with Gasteiger partial charge in [0, 0.05) is 38.0 Å². The van der Waals surface area contributed by atoms with Gasteiger partial charge < -0.3 is 20.6 Å². The maximum atomic E-state index is 12.2. The molecule has 7 heteroatoms. The van der Waals surface area contributed by atoms with Crippen LogP contribution in [0, 0.1) is 17.8 Å². The van der Waals surface area contributed by atoms with Crippen molar-refractivity contribution in [2.45, 2.75) is 19.8 Å². The Morgan fingerprint density at radius 1 is 1.15 bits per heavy atom. The number of urea groups is 1. The SMILES string of the molecule is CC(C(=O)O)C1CN(C(=O)N2CCC(C(N)=O)CC2)C1. The highest BCUT2D eigenvalue weighted by Gasteiger charge is 2.39. The predicted molar refractivity (Wildman–Crippen MR) is 70.8 cm³/mol. The van der Waals surface area contributed by atoms with Crippen LogP contribution in [0.2, 0.25) is 0 Å². The van der Waals surface area contributed by atoms with Gasteiger partial charge in [-0.15, -0.1) is 0 Å². The van der Waals surface area contributed by atoms with Gasteiger partial charge in [0.15, 0.2) is 0 Å². The number of piperidine rings is 1. The second-order valence-electron chi connectivity index (χ2n) is 5.74. The van der Waals surface area contributed by atoms with E-state index in [1.807, 2.05) is 0 Å². The molecule has 0 aromatic rings.